The lowest BCUT2D eigenvalue weighted by Crippen LogP contribution is -2.48. The number of alkyl carbamates (subject to hydrolysis) is 1. The molecule has 1 amide bonds. The first-order valence-corrected chi connectivity index (χ1v) is 12.9. The molecule has 0 spiro atoms. The minimum Gasteiger partial charge on any atom is -0.444 e. The van der Waals surface area contributed by atoms with Crippen molar-refractivity contribution in [3.8, 4) is 0 Å². The van der Waals surface area contributed by atoms with Crippen LogP contribution in [-0.4, -0.2) is 146 Å². The molecule has 11 nitrogen and oxygen atoms in total. The average molecular weight is 525 g/mol. The Bertz CT molecular complexity index is 535. The smallest absolute Gasteiger partial charge is 0.407 e. The van der Waals surface area contributed by atoms with E-state index in [2.05, 4.69) is 15.1 Å². The highest BCUT2D eigenvalue weighted by atomic mass is 19.1. The van der Waals surface area contributed by atoms with Crippen LogP contribution in [0.5, 0.6) is 0 Å². The molecule has 0 saturated carbocycles. The Morgan fingerprint density at radius 2 is 1.25 bits per heavy atom. The average Bonchev–Trinajstić information content (AvgIpc) is 2.83. The first-order chi connectivity index (χ1) is 17.3. The molecule has 1 fully saturated rings. The standard InChI is InChI=1S/C24H49FN4O7/c1-24(2,3)36-23(30)27-4-11-31-14-16-33-18-19-34-17-15-32-12-9-28-5-7-29(8-6-28)10-13-35-21-22(25)20-26/h22H,4-21,26H2,1-3H3,(H,27,30). The largest absolute Gasteiger partial charge is 0.444 e. The van der Waals surface area contributed by atoms with Gasteiger partial charge < -0.3 is 39.5 Å². The van der Waals surface area contributed by atoms with E-state index in [1.165, 1.54) is 0 Å². The zero-order valence-electron chi connectivity index (χ0n) is 22.5. The van der Waals surface area contributed by atoms with E-state index in [9.17, 15) is 9.18 Å². The number of hydrogen-bond donors (Lipinski definition) is 2. The van der Waals surface area contributed by atoms with Crippen molar-refractivity contribution in [2.24, 2.45) is 5.73 Å². The molecule has 36 heavy (non-hydrogen) atoms. The molecule has 0 aliphatic carbocycles. The number of nitrogens with two attached hydrogens (primary N) is 1. The van der Waals surface area contributed by atoms with Gasteiger partial charge in [-0.2, -0.15) is 0 Å². The van der Waals surface area contributed by atoms with Crippen LogP contribution in [0.3, 0.4) is 0 Å². The molecule has 1 aliphatic rings. The summed E-state index contributed by atoms with van der Waals surface area (Å²) in [4.78, 5) is 16.2. The molecular formula is C24H49FN4O7. The van der Waals surface area contributed by atoms with Crippen molar-refractivity contribution in [1.29, 1.82) is 0 Å². The maximum absolute atomic E-state index is 13.0. The van der Waals surface area contributed by atoms with Crippen LogP contribution in [0.25, 0.3) is 0 Å². The highest BCUT2D eigenvalue weighted by Gasteiger charge is 2.17. The van der Waals surface area contributed by atoms with E-state index >= 15 is 0 Å². The van der Waals surface area contributed by atoms with Crippen LogP contribution in [-0.2, 0) is 28.4 Å². The van der Waals surface area contributed by atoms with Gasteiger partial charge >= 0.3 is 6.09 Å². The Balaban J connectivity index is 1.78. The lowest BCUT2D eigenvalue weighted by molar-refractivity contribution is -0.00564. The Kier molecular flexibility index (Phi) is 19.1. The number of carbonyl (C=O) groups excluding carboxylic acids is 1. The Labute approximate surface area is 216 Å². The first-order valence-electron chi connectivity index (χ1n) is 12.9. The number of ether oxygens (including phenoxy) is 6. The number of piperazine rings is 1. The molecule has 0 aromatic carbocycles. The monoisotopic (exact) mass is 524 g/mol. The van der Waals surface area contributed by atoms with E-state index in [0.717, 1.165) is 39.3 Å². The summed E-state index contributed by atoms with van der Waals surface area (Å²) < 4.78 is 45.5. The van der Waals surface area contributed by atoms with Gasteiger partial charge in [0.15, 0.2) is 0 Å². The zero-order chi connectivity index (χ0) is 26.5. The number of amides is 1. The van der Waals surface area contributed by atoms with Gasteiger partial charge in [0.2, 0.25) is 0 Å². The van der Waals surface area contributed by atoms with Crippen molar-refractivity contribution in [2.45, 2.75) is 32.5 Å². The summed E-state index contributed by atoms with van der Waals surface area (Å²) >= 11 is 0. The van der Waals surface area contributed by atoms with Gasteiger partial charge in [-0.15, -0.1) is 0 Å². The van der Waals surface area contributed by atoms with E-state index in [0.29, 0.717) is 66.0 Å². The third-order valence-electron chi connectivity index (χ3n) is 5.15. The van der Waals surface area contributed by atoms with Crippen LogP contribution in [0.2, 0.25) is 0 Å². The molecular weight excluding hydrogens is 475 g/mol. The fourth-order valence-corrected chi connectivity index (χ4v) is 3.20. The lowest BCUT2D eigenvalue weighted by Gasteiger charge is -2.34. The van der Waals surface area contributed by atoms with Crippen LogP contribution >= 0.6 is 0 Å². The molecule has 1 heterocycles. The lowest BCUT2D eigenvalue weighted by atomic mass is 10.2. The van der Waals surface area contributed by atoms with Crippen LogP contribution < -0.4 is 11.1 Å². The predicted octanol–water partition coefficient (Wildman–Crippen LogP) is 0.509. The van der Waals surface area contributed by atoms with Gasteiger partial charge in [0.1, 0.15) is 11.8 Å². The molecule has 1 aliphatic heterocycles. The van der Waals surface area contributed by atoms with Gasteiger partial charge in [-0.3, -0.25) is 9.80 Å². The summed E-state index contributed by atoms with van der Waals surface area (Å²) in [6.07, 6.45) is -1.52. The number of nitrogens with one attached hydrogen (secondary N) is 1. The van der Waals surface area contributed by atoms with E-state index in [4.69, 9.17) is 34.2 Å². The summed E-state index contributed by atoms with van der Waals surface area (Å²) in [7, 11) is 0. The first kappa shape index (κ1) is 32.9. The molecule has 1 unspecified atom stereocenters. The minimum atomic E-state index is -1.07. The molecule has 1 atom stereocenters. The van der Waals surface area contributed by atoms with Gasteiger partial charge in [-0.25, -0.2) is 9.18 Å². The molecule has 214 valence electrons. The highest BCUT2D eigenvalue weighted by Crippen LogP contribution is 2.06. The highest BCUT2D eigenvalue weighted by molar-refractivity contribution is 5.67. The second-order valence-electron chi connectivity index (χ2n) is 9.47. The van der Waals surface area contributed by atoms with Gasteiger partial charge in [-0.05, 0) is 20.8 Å². The maximum Gasteiger partial charge on any atom is 0.407 e. The molecule has 1 rings (SSSR count). The van der Waals surface area contributed by atoms with Gasteiger partial charge in [0.05, 0.1) is 66.1 Å². The summed E-state index contributed by atoms with van der Waals surface area (Å²) in [6, 6.07) is 0. The molecule has 12 heteroatoms. The number of alkyl halides is 1. The second-order valence-corrected chi connectivity index (χ2v) is 9.47. The maximum atomic E-state index is 13.0. The molecule has 0 radical (unpaired) electrons. The molecule has 1 saturated heterocycles. The number of halogens is 1. The van der Waals surface area contributed by atoms with Crippen LogP contribution in [0.15, 0.2) is 0 Å². The molecule has 0 aromatic heterocycles. The summed E-state index contributed by atoms with van der Waals surface area (Å²) in [6.45, 7) is 16.3. The Morgan fingerprint density at radius 1 is 0.806 bits per heavy atom. The molecule has 0 bridgehead atoms. The van der Waals surface area contributed by atoms with Crippen molar-refractivity contribution >= 4 is 6.09 Å². The van der Waals surface area contributed by atoms with Gasteiger partial charge in [-0.1, -0.05) is 0 Å². The zero-order valence-corrected chi connectivity index (χ0v) is 22.5. The summed E-state index contributed by atoms with van der Waals surface area (Å²) in [5.41, 5.74) is 4.73. The SMILES string of the molecule is CC(C)(C)OC(=O)NCCOCCOCCOCCOCCN1CCN(CCOCC(F)CN)CC1. The summed E-state index contributed by atoms with van der Waals surface area (Å²) in [5, 5.41) is 2.63. The second kappa shape index (κ2) is 20.9. The van der Waals surface area contributed by atoms with Crippen molar-refractivity contribution in [3.05, 3.63) is 0 Å². The fourth-order valence-electron chi connectivity index (χ4n) is 3.20. The van der Waals surface area contributed by atoms with Crippen molar-refractivity contribution < 1.29 is 37.6 Å². The molecule has 0 aromatic rings. The van der Waals surface area contributed by atoms with Crippen LogP contribution in [0.4, 0.5) is 9.18 Å². The minimum absolute atomic E-state index is 0.0113. The van der Waals surface area contributed by atoms with Gasteiger partial charge in [0, 0.05) is 52.4 Å². The predicted molar refractivity (Wildman–Crippen MR) is 135 cm³/mol. The number of rotatable bonds is 21. The topological polar surface area (TPSA) is 117 Å². The molecule has 3 N–H and O–H groups in total. The third-order valence-corrected chi connectivity index (χ3v) is 5.15. The quantitative estimate of drug-likeness (QED) is 0.206. The van der Waals surface area contributed by atoms with Crippen molar-refractivity contribution in [3.63, 3.8) is 0 Å². The normalized spacial score (nSPS) is 16.2. The van der Waals surface area contributed by atoms with Crippen LogP contribution in [0.1, 0.15) is 20.8 Å². The van der Waals surface area contributed by atoms with E-state index in [-0.39, 0.29) is 13.2 Å². The van der Waals surface area contributed by atoms with Crippen LogP contribution in [0, 0.1) is 0 Å². The van der Waals surface area contributed by atoms with E-state index in [1.807, 2.05) is 20.8 Å². The number of carbonyl (C=O) groups is 1. The van der Waals surface area contributed by atoms with Crippen molar-refractivity contribution in [2.75, 3.05) is 118 Å². The third kappa shape index (κ3) is 20.0. The number of nitrogens with zero attached hydrogens (tertiary/aromatic N) is 2. The summed E-state index contributed by atoms with van der Waals surface area (Å²) in [5.74, 6) is 0. The fraction of sp³-hybridized carbons (Fsp3) is 0.958. The van der Waals surface area contributed by atoms with E-state index in [1.54, 1.807) is 0 Å². The Hall–Kier alpha value is -1.12. The van der Waals surface area contributed by atoms with Gasteiger partial charge in [0.25, 0.3) is 0 Å². The number of hydrogen-bond acceptors (Lipinski definition) is 10. The Morgan fingerprint density at radius 3 is 1.72 bits per heavy atom. The van der Waals surface area contributed by atoms with E-state index < -0.39 is 17.9 Å². The van der Waals surface area contributed by atoms with Crippen molar-refractivity contribution in [1.82, 2.24) is 15.1 Å².